The minimum absolute atomic E-state index is 0.238. The largest absolute Gasteiger partial charge is 0.379 e. The van der Waals surface area contributed by atoms with Crippen molar-refractivity contribution in [3.05, 3.63) is 60.6 Å². The van der Waals surface area contributed by atoms with Gasteiger partial charge in [0.25, 0.3) is 0 Å². The van der Waals surface area contributed by atoms with Crippen LogP contribution in [-0.4, -0.2) is 78.5 Å². The topological polar surface area (TPSA) is 108 Å². The number of aromatic nitrogens is 2. The van der Waals surface area contributed by atoms with Gasteiger partial charge >= 0.3 is 6.03 Å². The van der Waals surface area contributed by atoms with Crippen LogP contribution >= 0.6 is 0 Å². The minimum atomic E-state index is -3.57. The van der Waals surface area contributed by atoms with Crippen molar-refractivity contribution in [1.82, 2.24) is 23.9 Å². The molecule has 0 aliphatic carbocycles. The molecule has 35 heavy (non-hydrogen) atoms. The van der Waals surface area contributed by atoms with Gasteiger partial charge in [-0.05, 0) is 48.7 Å². The van der Waals surface area contributed by atoms with Crippen LogP contribution in [0.2, 0.25) is 0 Å². The first kappa shape index (κ1) is 23.7. The molecule has 2 aliphatic rings. The van der Waals surface area contributed by atoms with Crippen LogP contribution in [0.5, 0.6) is 0 Å². The summed E-state index contributed by atoms with van der Waals surface area (Å²) in [5.41, 5.74) is 2.30. The number of amides is 2. The van der Waals surface area contributed by atoms with Gasteiger partial charge in [-0.3, -0.25) is 4.90 Å². The molecular weight excluding hydrogens is 468 g/mol. The molecule has 3 aromatic rings. The van der Waals surface area contributed by atoms with Gasteiger partial charge in [-0.2, -0.15) is 4.31 Å². The van der Waals surface area contributed by atoms with E-state index in [9.17, 15) is 13.2 Å². The Labute approximate surface area is 204 Å². The zero-order valence-electron chi connectivity index (χ0n) is 19.5. The Morgan fingerprint density at radius 3 is 2.51 bits per heavy atom. The number of hydrogen-bond donors (Lipinski definition) is 2. The number of fused-ring (bicyclic) bond motifs is 1. The standard InChI is InChI=1S/C24H30N6O4S/c31-24(26-17-19-1-6-23-25-9-12-29(23)18-19)27-20-2-4-22(5-3-20)35(32,33)30-10-7-21(8-11-30)28-13-15-34-16-14-28/h1-6,9,12,18,21H,7-8,10-11,13-17H2,(H2,26,27,31). The van der Waals surface area contributed by atoms with E-state index >= 15 is 0 Å². The van der Waals surface area contributed by atoms with Crippen LogP contribution in [0.1, 0.15) is 18.4 Å². The molecule has 0 saturated carbocycles. The van der Waals surface area contributed by atoms with Crippen LogP contribution in [0.4, 0.5) is 10.5 Å². The second kappa shape index (κ2) is 10.3. The van der Waals surface area contributed by atoms with E-state index in [-0.39, 0.29) is 10.9 Å². The predicted molar refractivity (Wildman–Crippen MR) is 132 cm³/mol. The maximum atomic E-state index is 13.1. The number of benzene rings is 1. The summed E-state index contributed by atoms with van der Waals surface area (Å²) >= 11 is 0. The van der Waals surface area contributed by atoms with E-state index in [4.69, 9.17) is 4.74 Å². The first-order valence-corrected chi connectivity index (χ1v) is 13.3. The average Bonchev–Trinajstić information content (AvgIpc) is 3.36. The summed E-state index contributed by atoms with van der Waals surface area (Å²) in [5, 5.41) is 5.56. The summed E-state index contributed by atoms with van der Waals surface area (Å²) in [5.74, 6) is 0. The number of carbonyl (C=O) groups is 1. The van der Waals surface area contributed by atoms with Crippen molar-refractivity contribution in [1.29, 1.82) is 0 Å². The molecule has 0 unspecified atom stereocenters. The predicted octanol–water partition coefficient (Wildman–Crippen LogP) is 2.14. The van der Waals surface area contributed by atoms with E-state index in [1.54, 1.807) is 34.8 Å². The minimum Gasteiger partial charge on any atom is -0.379 e. The SMILES string of the molecule is O=C(NCc1ccc2nccn2c1)Nc1ccc(S(=O)(=O)N2CCC(N3CCOCC3)CC2)cc1. The molecule has 2 N–H and O–H groups in total. The van der Waals surface area contributed by atoms with Crippen molar-refractivity contribution in [3.63, 3.8) is 0 Å². The van der Waals surface area contributed by atoms with Crippen molar-refractivity contribution in [2.75, 3.05) is 44.7 Å². The van der Waals surface area contributed by atoms with Gasteiger partial charge in [-0.25, -0.2) is 18.2 Å². The molecule has 0 bridgehead atoms. The summed E-state index contributed by atoms with van der Waals surface area (Å²) < 4.78 is 35.1. The molecule has 2 fully saturated rings. The van der Waals surface area contributed by atoms with E-state index in [0.717, 1.165) is 50.4 Å². The van der Waals surface area contributed by atoms with E-state index in [1.807, 2.05) is 28.9 Å². The fourth-order valence-electron chi connectivity index (χ4n) is 4.68. The van der Waals surface area contributed by atoms with Crippen molar-refractivity contribution >= 4 is 27.4 Å². The molecule has 5 rings (SSSR count). The molecule has 2 aromatic heterocycles. The number of urea groups is 1. The number of pyridine rings is 1. The second-order valence-corrected chi connectivity index (χ2v) is 10.8. The highest BCUT2D eigenvalue weighted by Gasteiger charge is 2.32. The normalized spacial score (nSPS) is 18.5. The molecule has 0 atom stereocenters. The number of imidazole rings is 1. The second-order valence-electron chi connectivity index (χ2n) is 8.85. The number of sulfonamides is 1. The monoisotopic (exact) mass is 498 g/mol. The maximum Gasteiger partial charge on any atom is 0.319 e. The lowest BCUT2D eigenvalue weighted by Gasteiger charge is -2.39. The van der Waals surface area contributed by atoms with Crippen LogP contribution in [0.3, 0.4) is 0 Å². The molecule has 2 aliphatic heterocycles. The summed E-state index contributed by atoms with van der Waals surface area (Å²) in [6.45, 7) is 4.71. The molecule has 1 aromatic carbocycles. The number of morpholine rings is 1. The van der Waals surface area contributed by atoms with Crippen LogP contribution in [0.15, 0.2) is 59.9 Å². The van der Waals surface area contributed by atoms with Gasteiger partial charge in [-0.1, -0.05) is 6.07 Å². The highest BCUT2D eigenvalue weighted by atomic mass is 32.2. The van der Waals surface area contributed by atoms with Gasteiger partial charge in [0, 0.05) is 63.0 Å². The van der Waals surface area contributed by atoms with Crippen molar-refractivity contribution < 1.29 is 17.9 Å². The van der Waals surface area contributed by atoms with Crippen LogP contribution in [0.25, 0.3) is 5.65 Å². The molecule has 4 heterocycles. The molecular formula is C24H30N6O4S. The van der Waals surface area contributed by atoms with Crippen molar-refractivity contribution in [3.8, 4) is 0 Å². The van der Waals surface area contributed by atoms with Gasteiger partial charge < -0.3 is 19.8 Å². The molecule has 0 radical (unpaired) electrons. The number of nitrogens with one attached hydrogen (secondary N) is 2. The molecule has 2 amide bonds. The van der Waals surface area contributed by atoms with E-state index in [2.05, 4.69) is 20.5 Å². The molecule has 186 valence electrons. The molecule has 0 spiro atoms. The number of hydrogen-bond acceptors (Lipinski definition) is 6. The van der Waals surface area contributed by atoms with Gasteiger partial charge in [0.15, 0.2) is 0 Å². The molecule has 11 heteroatoms. The number of piperidine rings is 1. The Morgan fingerprint density at radius 2 is 1.77 bits per heavy atom. The van der Waals surface area contributed by atoms with E-state index in [1.165, 1.54) is 0 Å². The van der Waals surface area contributed by atoms with E-state index < -0.39 is 10.0 Å². The average molecular weight is 499 g/mol. The highest BCUT2D eigenvalue weighted by molar-refractivity contribution is 7.89. The Kier molecular flexibility index (Phi) is 7.00. The Morgan fingerprint density at radius 1 is 1.03 bits per heavy atom. The number of carbonyl (C=O) groups excluding carboxylic acids is 1. The van der Waals surface area contributed by atoms with Crippen LogP contribution in [0, 0.1) is 0 Å². The third-order valence-corrected chi connectivity index (χ3v) is 8.55. The van der Waals surface area contributed by atoms with Crippen molar-refractivity contribution in [2.24, 2.45) is 0 Å². The first-order chi connectivity index (χ1) is 17.0. The van der Waals surface area contributed by atoms with Crippen molar-refractivity contribution in [2.45, 2.75) is 30.3 Å². The van der Waals surface area contributed by atoms with Gasteiger partial charge in [0.2, 0.25) is 10.0 Å². The van der Waals surface area contributed by atoms with Gasteiger partial charge in [0.1, 0.15) is 5.65 Å². The van der Waals surface area contributed by atoms with E-state index in [0.29, 0.717) is 31.4 Å². The fourth-order valence-corrected chi connectivity index (χ4v) is 6.15. The Balaban J connectivity index is 1.13. The summed E-state index contributed by atoms with van der Waals surface area (Å²) in [6.07, 6.45) is 7.13. The molecule has 2 saturated heterocycles. The third-order valence-electron chi connectivity index (χ3n) is 6.64. The molecule has 10 nitrogen and oxygen atoms in total. The maximum absolute atomic E-state index is 13.1. The zero-order chi connectivity index (χ0) is 24.3. The number of ether oxygens (including phenoxy) is 1. The Hall–Kier alpha value is -2.99. The Bertz CT molecular complexity index is 1260. The first-order valence-electron chi connectivity index (χ1n) is 11.9. The highest BCUT2D eigenvalue weighted by Crippen LogP contribution is 2.24. The quantitative estimate of drug-likeness (QED) is 0.539. The fraction of sp³-hybridized carbons (Fsp3) is 0.417. The lowest BCUT2D eigenvalue weighted by atomic mass is 10.0. The number of nitrogens with zero attached hydrogens (tertiary/aromatic N) is 4. The van der Waals surface area contributed by atoms with Gasteiger partial charge in [0.05, 0.1) is 18.1 Å². The summed E-state index contributed by atoms with van der Waals surface area (Å²) in [4.78, 5) is 19.2. The third kappa shape index (κ3) is 5.48. The summed E-state index contributed by atoms with van der Waals surface area (Å²) in [6, 6.07) is 10.2. The van der Waals surface area contributed by atoms with Crippen LogP contribution in [-0.2, 0) is 21.3 Å². The lowest BCUT2D eigenvalue weighted by molar-refractivity contribution is 0.00610. The van der Waals surface area contributed by atoms with Crippen LogP contribution < -0.4 is 10.6 Å². The number of anilines is 1. The summed E-state index contributed by atoms with van der Waals surface area (Å²) in [7, 11) is -3.57. The smallest absolute Gasteiger partial charge is 0.319 e. The lowest BCUT2D eigenvalue weighted by Crippen LogP contribution is -2.50. The zero-order valence-corrected chi connectivity index (χ0v) is 20.3. The number of rotatable bonds is 6. The van der Waals surface area contributed by atoms with Gasteiger partial charge in [-0.15, -0.1) is 0 Å².